The summed E-state index contributed by atoms with van der Waals surface area (Å²) in [4.78, 5) is 10.3. The van der Waals surface area contributed by atoms with Gasteiger partial charge in [0.15, 0.2) is 0 Å². The number of piperidine rings is 1. The first-order valence-corrected chi connectivity index (χ1v) is 2.70. The van der Waals surface area contributed by atoms with Gasteiger partial charge in [0.05, 0.1) is 0 Å². The molecule has 0 spiro atoms. The first-order chi connectivity index (χ1) is 3.79. The molecule has 1 atom stereocenters. The van der Waals surface area contributed by atoms with Crippen LogP contribution in [0.5, 0.6) is 0 Å². The first-order valence-electron chi connectivity index (χ1n) is 2.70. The molecule has 0 saturated carbocycles. The molecular formula is C5H8FNO. The van der Waals surface area contributed by atoms with Crippen molar-refractivity contribution in [1.82, 2.24) is 5.32 Å². The van der Waals surface area contributed by atoms with Crippen LogP contribution in [0.4, 0.5) is 4.39 Å². The van der Waals surface area contributed by atoms with Crippen LogP contribution in [0, 0.1) is 0 Å². The summed E-state index contributed by atoms with van der Waals surface area (Å²) in [6.07, 6.45) is -0.0693. The minimum atomic E-state index is -0.812. The van der Waals surface area contributed by atoms with E-state index in [9.17, 15) is 9.18 Å². The van der Waals surface area contributed by atoms with Crippen molar-refractivity contribution in [3.8, 4) is 0 Å². The minimum Gasteiger partial charge on any atom is -0.353 e. The van der Waals surface area contributed by atoms with Crippen molar-refractivity contribution in [2.45, 2.75) is 19.0 Å². The van der Waals surface area contributed by atoms with Crippen LogP contribution in [0.3, 0.4) is 0 Å². The Morgan fingerprint density at radius 1 is 1.75 bits per heavy atom. The number of halogens is 1. The third-order valence-electron chi connectivity index (χ3n) is 1.21. The van der Waals surface area contributed by atoms with E-state index in [1.54, 1.807) is 0 Å². The highest BCUT2D eigenvalue weighted by Crippen LogP contribution is 2.04. The van der Waals surface area contributed by atoms with Crippen molar-refractivity contribution in [3.05, 3.63) is 0 Å². The highest BCUT2D eigenvalue weighted by Gasteiger charge is 2.15. The third-order valence-corrected chi connectivity index (χ3v) is 1.21. The predicted molar refractivity (Wildman–Crippen MR) is 27.1 cm³/mol. The van der Waals surface area contributed by atoms with Crippen LogP contribution in [0.25, 0.3) is 0 Å². The quantitative estimate of drug-likeness (QED) is 0.483. The van der Waals surface area contributed by atoms with Gasteiger partial charge in [-0.25, -0.2) is 4.39 Å². The molecule has 0 bridgehead atoms. The molecule has 1 rings (SSSR count). The topological polar surface area (TPSA) is 29.1 Å². The molecule has 1 N–H and O–H groups in total. The van der Waals surface area contributed by atoms with E-state index >= 15 is 0 Å². The molecular weight excluding hydrogens is 109 g/mol. The molecule has 46 valence electrons. The van der Waals surface area contributed by atoms with E-state index < -0.39 is 6.17 Å². The molecule has 0 unspecified atom stereocenters. The molecule has 1 fully saturated rings. The second-order valence-electron chi connectivity index (χ2n) is 1.94. The number of carbonyl (C=O) groups is 1. The SMILES string of the molecule is O=C1CC[C@H](F)CN1. The van der Waals surface area contributed by atoms with Crippen LogP contribution < -0.4 is 5.32 Å². The Kier molecular flexibility index (Phi) is 1.46. The fourth-order valence-electron chi connectivity index (χ4n) is 0.703. The smallest absolute Gasteiger partial charge is 0.220 e. The number of hydrogen-bond donors (Lipinski definition) is 1. The number of alkyl halides is 1. The zero-order valence-corrected chi connectivity index (χ0v) is 4.48. The van der Waals surface area contributed by atoms with Gasteiger partial charge in [0, 0.05) is 13.0 Å². The molecule has 2 nitrogen and oxygen atoms in total. The summed E-state index contributed by atoms with van der Waals surface area (Å²) in [6, 6.07) is 0. The van der Waals surface area contributed by atoms with E-state index in [1.807, 2.05) is 0 Å². The average molecular weight is 117 g/mol. The van der Waals surface area contributed by atoms with E-state index in [2.05, 4.69) is 5.32 Å². The average Bonchev–Trinajstić information content (AvgIpc) is 1.77. The molecule has 3 heteroatoms. The maximum Gasteiger partial charge on any atom is 0.220 e. The summed E-state index contributed by atoms with van der Waals surface area (Å²) in [5, 5.41) is 2.42. The number of nitrogens with one attached hydrogen (secondary N) is 1. The molecule has 0 aromatic carbocycles. The zero-order valence-electron chi connectivity index (χ0n) is 4.48. The van der Waals surface area contributed by atoms with E-state index in [1.165, 1.54) is 0 Å². The summed E-state index contributed by atoms with van der Waals surface area (Å²) >= 11 is 0. The van der Waals surface area contributed by atoms with Gasteiger partial charge in [0.25, 0.3) is 0 Å². The lowest BCUT2D eigenvalue weighted by molar-refractivity contribution is -0.123. The van der Waals surface area contributed by atoms with Gasteiger partial charge in [-0.3, -0.25) is 4.79 Å². The predicted octanol–water partition coefficient (Wildman–Crippen LogP) is 0.234. The van der Waals surface area contributed by atoms with Crippen LogP contribution in [-0.4, -0.2) is 18.6 Å². The Balaban J connectivity index is 2.29. The second-order valence-corrected chi connectivity index (χ2v) is 1.94. The van der Waals surface area contributed by atoms with Crippen molar-refractivity contribution in [3.63, 3.8) is 0 Å². The molecule has 1 aliphatic rings. The molecule has 1 amide bonds. The Hall–Kier alpha value is -0.600. The molecule has 0 radical (unpaired) electrons. The molecule has 1 heterocycles. The molecule has 0 aliphatic carbocycles. The van der Waals surface area contributed by atoms with Gasteiger partial charge in [0.1, 0.15) is 6.17 Å². The number of hydrogen-bond acceptors (Lipinski definition) is 1. The highest BCUT2D eigenvalue weighted by atomic mass is 19.1. The summed E-state index contributed by atoms with van der Waals surface area (Å²) in [7, 11) is 0. The molecule has 0 aromatic heterocycles. The Morgan fingerprint density at radius 2 is 2.50 bits per heavy atom. The summed E-state index contributed by atoms with van der Waals surface area (Å²) in [5.74, 6) is -0.0288. The van der Waals surface area contributed by atoms with Crippen molar-refractivity contribution in [1.29, 1.82) is 0 Å². The van der Waals surface area contributed by atoms with Crippen LogP contribution in [0.15, 0.2) is 0 Å². The maximum absolute atomic E-state index is 12.1. The Morgan fingerprint density at radius 3 is 2.88 bits per heavy atom. The normalized spacial score (nSPS) is 29.6. The first kappa shape index (κ1) is 5.54. The van der Waals surface area contributed by atoms with Crippen LogP contribution in [-0.2, 0) is 4.79 Å². The number of rotatable bonds is 0. The fraction of sp³-hybridized carbons (Fsp3) is 0.800. The third kappa shape index (κ3) is 1.18. The van der Waals surface area contributed by atoms with Gasteiger partial charge >= 0.3 is 0 Å². The second kappa shape index (κ2) is 2.11. The number of carbonyl (C=O) groups excluding carboxylic acids is 1. The largest absolute Gasteiger partial charge is 0.353 e. The van der Waals surface area contributed by atoms with E-state index in [0.717, 1.165) is 0 Å². The maximum atomic E-state index is 12.1. The van der Waals surface area contributed by atoms with Gasteiger partial charge in [-0.05, 0) is 6.42 Å². The molecule has 0 aromatic rings. The fourth-order valence-corrected chi connectivity index (χ4v) is 0.703. The van der Waals surface area contributed by atoms with Crippen molar-refractivity contribution < 1.29 is 9.18 Å². The molecule has 1 aliphatic heterocycles. The number of amides is 1. The van der Waals surface area contributed by atoms with Crippen molar-refractivity contribution in [2.75, 3.05) is 6.54 Å². The van der Waals surface area contributed by atoms with E-state index in [-0.39, 0.29) is 12.5 Å². The highest BCUT2D eigenvalue weighted by molar-refractivity contribution is 5.76. The van der Waals surface area contributed by atoms with Gasteiger partial charge in [-0.15, -0.1) is 0 Å². The summed E-state index contributed by atoms with van der Waals surface area (Å²) in [5.41, 5.74) is 0. The monoisotopic (exact) mass is 117 g/mol. The van der Waals surface area contributed by atoms with Gasteiger partial charge in [-0.1, -0.05) is 0 Å². The Bertz CT molecular complexity index is 94.6. The van der Waals surface area contributed by atoms with Crippen LogP contribution in [0.1, 0.15) is 12.8 Å². The lowest BCUT2D eigenvalue weighted by atomic mass is 10.1. The van der Waals surface area contributed by atoms with E-state index in [4.69, 9.17) is 0 Å². The summed E-state index contributed by atoms with van der Waals surface area (Å²) < 4.78 is 12.1. The van der Waals surface area contributed by atoms with Gasteiger partial charge < -0.3 is 5.32 Å². The van der Waals surface area contributed by atoms with E-state index in [0.29, 0.717) is 12.8 Å². The van der Waals surface area contributed by atoms with Crippen molar-refractivity contribution in [2.24, 2.45) is 0 Å². The standard InChI is InChI=1S/C5H8FNO/c6-4-1-2-5(8)7-3-4/h4H,1-3H2,(H,7,8)/t4-/m0/s1. The summed E-state index contributed by atoms with van der Waals surface area (Å²) in [6.45, 7) is 0.207. The lowest BCUT2D eigenvalue weighted by Crippen LogP contribution is -2.35. The van der Waals surface area contributed by atoms with Crippen molar-refractivity contribution >= 4 is 5.91 Å². The zero-order chi connectivity index (χ0) is 5.98. The molecule has 8 heavy (non-hydrogen) atoms. The molecule has 1 saturated heterocycles. The minimum absolute atomic E-state index is 0.0288. The van der Waals surface area contributed by atoms with Gasteiger partial charge in [-0.2, -0.15) is 0 Å². The van der Waals surface area contributed by atoms with Gasteiger partial charge in [0.2, 0.25) is 5.91 Å². The Labute approximate surface area is 47.1 Å². The van der Waals surface area contributed by atoms with Crippen LogP contribution in [0.2, 0.25) is 0 Å². The lowest BCUT2D eigenvalue weighted by Gasteiger charge is -2.14. The van der Waals surface area contributed by atoms with Crippen LogP contribution >= 0.6 is 0 Å².